The number of aliphatic carboxylic acids is 1. The summed E-state index contributed by atoms with van der Waals surface area (Å²) in [6.45, 7) is 3.46. The fraction of sp³-hybridized carbons (Fsp3) is 0.417. The molecular weight excluding hydrogens is 256 g/mol. The number of aromatic nitrogens is 1. The molecule has 0 atom stereocenters. The maximum Gasteiger partial charge on any atom is 0.303 e. The third-order valence-electron chi connectivity index (χ3n) is 2.31. The number of carbonyl (C=O) groups is 2. The molecule has 6 heteroatoms. The lowest BCUT2D eigenvalue weighted by Crippen LogP contribution is -2.24. The molecule has 2 N–H and O–H groups in total. The van der Waals surface area contributed by atoms with Gasteiger partial charge in [0.1, 0.15) is 0 Å². The van der Waals surface area contributed by atoms with E-state index >= 15 is 0 Å². The predicted octanol–water partition coefficient (Wildman–Crippen LogP) is 2.56. The third kappa shape index (κ3) is 4.71. The molecule has 18 heavy (non-hydrogen) atoms. The zero-order valence-electron chi connectivity index (χ0n) is 10.2. The monoisotopic (exact) mass is 270 g/mol. The summed E-state index contributed by atoms with van der Waals surface area (Å²) >= 11 is 5.88. The Morgan fingerprint density at radius 2 is 2.11 bits per heavy atom. The Morgan fingerprint density at radius 1 is 1.44 bits per heavy atom. The van der Waals surface area contributed by atoms with Gasteiger partial charge >= 0.3 is 5.97 Å². The second-order valence-corrected chi connectivity index (χ2v) is 5.22. The maximum absolute atomic E-state index is 11.8. The predicted molar refractivity (Wildman–Crippen MR) is 68.5 cm³/mol. The summed E-state index contributed by atoms with van der Waals surface area (Å²) in [4.78, 5) is 26.3. The zero-order valence-corrected chi connectivity index (χ0v) is 11.0. The van der Waals surface area contributed by atoms with E-state index in [0.717, 1.165) is 0 Å². The highest BCUT2D eigenvalue weighted by atomic mass is 35.5. The SMILES string of the molecule is CC(C)(CC(=O)O)CC(=O)Nc1cnccc1Cl. The smallest absolute Gasteiger partial charge is 0.303 e. The molecule has 1 aromatic heterocycles. The van der Waals surface area contributed by atoms with Gasteiger partial charge in [-0.25, -0.2) is 0 Å². The van der Waals surface area contributed by atoms with Crippen molar-refractivity contribution >= 4 is 29.2 Å². The summed E-state index contributed by atoms with van der Waals surface area (Å²) in [6.07, 6.45) is 3.00. The number of halogens is 1. The van der Waals surface area contributed by atoms with Crippen LogP contribution in [0.15, 0.2) is 18.5 Å². The van der Waals surface area contributed by atoms with E-state index in [4.69, 9.17) is 16.7 Å². The van der Waals surface area contributed by atoms with Crippen LogP contribution in [-0.2, 0) is 9.59 Å². The van der Waals surface area contributed by atoms with Crippen LogP contribution in [-0.4, -0.2) is 22.0 Å². The lowest BCUT2D eigenvalue weighted by Gasteiger charge is -2.21. The third-order valence-corrected chi connectivity index (χ3v) is 2.64. The van der Waals surface area contributed by atoms with Gasteiger partial charge in [-0.2, -0.15) is 0 Å². The minimum atomic E-state index is -0.924. The van der Waals surface area contributed by atoms with E-state index in [2.05, 4.69) is 10.3 Å². The second-order valence-electron chi connectivity index (χ2n) is 4.82. The second kappa shape index (κ2) is 5.82. The maximum atomic E-state index is 11.8. The van der Waals surface area contributed by atoms with Gasteiger partial charge in [-0.15, -0.1) is 0 Å². The normalized spacial score (nSPS) is 11.1. The Kier molecular flexibility index (Phi) is 4.67. The lowest BCUT2D eigenvalue weighted by atomic mass is 9.85. The van der Waals surface area contributed by atoms with Crippen LogP contribution < -0.4 is 5.32 Å². The highest BCUT2D eigenvalue weighted by molar-refractivity contribution is 6.33. The number of carboxylic acid groups (broad SMARTS) is 1. The molecule has 0 spiro atoms. The molecule has 0 aliphatic rings. The van der Waals surface area contributed by atoms with Crippen LogP contribution in [0, 0.1) is 5.41 Å². The minimum Gasteiger partial charge on any atom is -0.481 e. The first-order valence-electron chi connectivity index (χ1n) is 5.41. The molecule has 0 unspecified atom stereocenters. The first-order chi connectivity index (χ1) is 8.30. The van der Waals surface area contributed by atoms with Gasteiger partial charge in [0.2, 0.25) is 5.91 Å². The molecule has 98 valence electrons. The molecule has 0 bridgehead atoms. The fourth-order valence-corrected chi connectivity index (χ4v) is 1.72. The molecule has 5 nitrogen and oxygen atoms in total. The van der Waals surface area contributed by atoms with Crippen molar-refractivity contribution in [1.82, 2.24) is 4.98 Å². The van der Waals surface area contributed by atoms with E-state index in [9.17, 15) is 9.59 Å². The van der Waals surface area contributed by atoms with Crippen molar-refractivity contribution in [2.24, 2.45) is 5.41 Å². The highest BCUT2D eigenvalue weighted by Crippen LogP contribution is 2.26. The number of pyridine rings is 1. The number of carbonyl (C=O) groups excluding carboxylic acids is 1. The molecule has 0 fully saturated rings. The Balaban J connectivity index is 2.62. The Hall–Kier alpha value is -1.62. The van der Waals surface area contributed by atoms with Crippen molar-refractivity contribution in [3.63, 3.8) is 0 Å². The van der Waals surface area contributed by atoms with E-state index in [1.54, 1.807) is 19.9 Å². The summed E-state index contributed by atoms with van der Waals surface area (Å²) in [6, 6.07) is 1.57. The minimum absolute atomic E-state index is 0.0683. The summed E-state index contributed by atoms with van der Waals surface area (Å²) in [5, 5.41) is 11.7. The quantitative estimate of drug-likeness (QED) is 0.862. The summed E-state index contributed by atoms with van der Waals surface area (Å²) < 4.78 is 0. The van der Waals surface area contributed by atoms with Crippen LogP contribution in [0.1, 0.15) is 26.7 Å². The number of nitrogens with one attached hydrogen (secondary N) is 1. The van der Waals surface area contributed by atoms with Gasteiger partial charge in [0, 0.05) is 12.6 Å². The van der Waals surface area contributed by atoms with Gasteiger partial charge in [-0.3, -0.25) is 14.6 Å². The zero-order chi connectivity index (χ0) is 13.8. The number of anilines is 1. The number of hydrogen-bond acceptors (Lipinski definition) is 3. The van der Waals surface area contributed by atoms with Crippen LogP contribution in [0.25, 0.3) is 0 Å². The molecule has 0 aliphatic heterocycles. The molecule has 1 rings (SSSR count). The van der Waals surface area contributed by atoms with Crippen molar-refractivity contribution in [2.75, 3.05) is 5.32 Å². The largest absolute Gasteiger partial charge is 0.481 e. The number of carboxylic acids is 1. The lowest BCUT2D eigenvalue weighted by molar-refractivity contribution is -0.139. The number of nitrogens with zero attached hydrogens (tertiary/aromatic N) is 1. The van der Waals surface area contributed by atoms with Crippen LogP contribution >= 0.6 is 11.6 Å². The molecule has 1 amide bonds. The van der Waals surface area contributed by atoms with Crippen molar-refractivity contribution < 1.29 is 14.7 Å². The van der Waals surface area contributed by atoms with Gasteiger partial charge in [0.05, 0.1) is 23.3 Å². The van der Waals surface area contributed by atoms with Crippen LogP contribution in [0.5, 0.6) is 0 Å². The van der Waals surface area contributed by atoms with Crippen molar-refractivity contribution in [3.8, 4) is 0 Å². The average Bonchev–Trinajstić information content (AvgIpc) is 2.18. The summed E-state index contributed by atoms with van der Waals surface area (Å²) in [7, 11) is 0. The first kappa shape index (κ1) is 14.4. The molecule has 0 saturated carbocycles. The van der Waals surface area contributed by atoms with Crippen LogP contribution in [0.4, 0.5) is 5.69 Å². The van der Waals surface area contributed by atoms with E-state index in [1.807, 2.05) is 0 Å². The molecule has 1 aromatic rings. The Morgan fingerprint density at radius 3 is 2.67 bits per heavy atom. The number of rotatable bonds is 5. The van der Waals surface area contributed by atoms with Crippen LogP contribution in [0.2, 0.25) is 5.02 Å². The van der Waals surface area contributed by atoms with E-state index in [0.29, 0.717) is 10.7 Å². The van der Waals surface area contributed by atoms with Crippen molar-refractivity contribution in [1.29, 1.82) is 0 Å². The van der Waals surface area contributed by atoms with Gasteiger partial charge in [0.25, 0.3) is 0 Å². The molecule has 0 aromatic carbocycles. The number of amides is 1. The van der Waals surface area contributed by atoms with E-state index in [-0.39, 0.29) is 18.7 Å². The Labute approximate surface area is 110 Å². The molecule has 0 radical (unpaired) electrons. The Bertz CT molecular complexity index is 460. The first-order valence-corrected chi connectivity index (χ1v) is 5.79. The highest BCUT2D eigenvalue weighted by Gasteiger charge is 2.25. The van der Waals surface area contributed by atoms with E-state index < -0.39 is 11.4 Å². The molecule has 0 saturated heterocycles. The average molecular weight is 271 g/mol. The van der Waals surface area contributed by atoms with Crippen molar-refractivity contribution in [3.05, 3.63) is 23.5 Å². The molecule has 0 aliphatic carbocycles. The van der Waals surface area contributed by atoms with Gasteiger partial charge < -0.3 is 10.4 Å². The standard InChI is InChI=1S/C12H15ClN2O3/c1-12(2,6-11(17)18)5-10(16)15-9-7-14-4-3-8(9)13/h3-4,7H,5-6H2,1-2H3,(H,15,16)(H,17,18). The van der Waals surface area contributed by atoms with Crippen molar-refractivity contribution in [2.45, 2.75) is 26.7 Å². The topological polar surface area (TPSA) is 79.3 Å². The number of hydrogen-bond donors (Lipinski definition) is 2. The summed E-state index contributed by atoms with van der Waals surface area (Å²) in [5.74, 6) is -1.21. The van der Waals surface area contributed by atoms with Gasteiger partial charge in [0.15, 0.2) is 0 Å². The molecule has 1 heterocycles. The fourth-order valence-electron chi connectivity index (χ4n) is 1.57. The van der Waals surface area contributed by atoms with Gasteiger partial charge in [-0.05, 0) is 11.5 Å². The van der Waals surface area contributed by atoms with Gasteiger partial charge in [-0.1, -0.05) is 25.4 Å². The molecular formula is C12H15ClN2O3. The summed E-state index contributed by atoms with van der Waals surface area (Å²) in [5.41, 5.74) is -0.180. The van der Waals surface area contributed by atoms with E-state index in [1.165, 1.54) is 12.4 Å². The van der Waals surface area contributed by atoms with Crippen LogP contribution in [0.3, 0.4) is 0 Å².